The van der Waals surface area contributed by atoms with Crippen LogP contribution in [0.4, 0.5) is 9.18 Å². The van der Waals surface area contributed by atoms with Crippen molar-refractivity contribution in [1.29, 1.82) is 0 Å². The molecule has 0 bridgehead atoms. The van der Waals surface area contributed by atoms with Crippen molar-refractivity contribution < 1.29 is 19.1 Å². The predicted octanol–water partition coefficient (Wildman–Crippen LogP) is 0.849. The molecule has 0 saturated carbocycles. The van der Waals surface area contributed by atoms with Gasteiger partial charge in [-0.1, -0.05) is 20.3 Å². The number of amides is 2. The standard InChI is InChI=1S/C10H17FN2O3/c1-3-6(2)8(12-10(15)16)9(14)13-4-7(11)5-13/h6-8,12H,3-5H2,1-2H3,(H,15,16)/t6-,8-/m0/s1. The van der Waals surface area contributed by atoms with Crippen LogP contribution in [0, 0.1) is 5.92 Å². The molecule has 6 heteroatoms. The summed E-state index contributed by atoms with van der Waals surface area (Å²) in [4.78, 5) is 23.8. The van der Waals surface area contributed by atoms with Crippen molar-refractivity contribution in [2.45, 2.75) is 32.5 Å². The van der Waals surface area contributed by atoms with Gasteiger partial charge in [-0.15, -0.1) is 0 Å². The van der Waals surface area contributed by atoms with E-state index in [0.717, 1.165) is 0 Å². The minimum Gasteiger partial charge on any atom is -0.465 e. The molecule has 0 aliphatic carbocycles. The molecular formula is C10H17FN2O3. The lowest BCUT2D eigenvalue weighted by Gasteiger charge is -2.38. The number of likely N-dealkylation sites (tertiary alicyclic amines) is 1. The van der Waals surface area contributed by atoms with Gasteiger partial charge in [0, 0.05) is 0 Å². The summed E-state index contributed by atoms with van der Waals surface area (Å²) in [6, 6.07) is -0.769. The van der Waals surface area contributed by atoms with E-state index in [0.29, 0.717) is 6.42 Å². The predicted molar refractivity (Wildman–Crippen MR) is 55.9 cm³/mol. The molecule has 0 aromatic rings. The van der Waals surface area contributed by atoms with Gasteiger partial charge < -0.3 is 15.3 Å². The van der Waals surface area contributed by atoms with E-state index in [2.05, 4.69) is 5.32 Å². The number of carbonyl (C=O) groups is 2. The summed E-state index contributed by atoms with van der Waals surface area (Å²) in [5, 5.41) is 10.8. The first-order chi connectivity index (χ1) is 7.45. The largest absolute Gasteiger partial charge is 0.465 e. The van der Waals surface area contributed by atoms with Gasteiger partial charge in [-0.25, -0.2) is 9.18 Å². The van der Waals surface area contributed by atoms with Crippen molar-refractivity contribution in [2.24, 2.45) is 5.92 Å². The van der Waals surface area contributed by atoms with Crippen molar-refractivity contribution >= 4 is 12.0 Å². The smallest absolute Gasteiger partial charge is 0.405 e. The highest BCUT2D eigenvalue weighted by Gasteiger charge is 2.36. The number of alkyl halides is 1. The van der Waals surface area contributed by atoms with E-state index >= 15 is 0 Å². The molecule has 1 fully saturated rings. The first-order valence-corrected chi connectivity index (χ1v) is 5.38. The summed E-state index contributed by atoms with van der Waals surface area (Å²) in [5.41, 5.74) is 0. The van der Waals surface area contributed by atoms with Crippen LogP contribution in [0.2, 0.25) is 0 Å². The fourth-order valence-electron chi connectivity index (χ4n) is 1.62. The summed E-state index contributed by atoms with van der Waals surface area (Å²) < 4.78 is 12.6. The number of rotatable bonds is 4. The molecule has 0 aromatic carbocycles. The van der Waals surface area contributed by atoms with Crippen LogP contribution in [0.15, 0.2) is 0 Å². The second kappa shape index (κ2) is 5.14. The molecule has 1 rings (SSSR count). The van der Waals surface area contributed by atoms with Crippen molar-refractivity contribution in [3.05, 3.63) is 0 Å². The number of carboxylic acid groups (broad SMARTS) is 1. The zero-order valence-corrected chi connectivity index (χ0v) is 9.44. The highest BCUT2D eigenvalue weighted by molar-refractivity contribution is 5.86. The van der Waals surface area contributed by atoms with E-state index in [9.17, 15) is 14.0 Å². The van der Waals surface area contributed by atoms with E-state index < -0.39 is 18.3 Å². The average Bonchev–Trinajstić information content (AvgIpc) is 2.19. The Balaban J connectivity index is 2.60. The van der Waals surface area contributed by atoms with Crippen LogP contribution < -0.4 is 5.32 Å². The Morgan fingerprint density at radius 2 is 2.12 bits per heavy atom. The van der Waals surface area contributed by atoms with Crippen LogP contribution >= 0.6 is 0 Å². The van der Waals surface area contributed by atoms with Gasteiger partial charge in [0.15, 0.2) is 0 Å². The quantitative estimate of drug-likeness (QED) is 0.755. The number of carbonyl (C=O) groups excluding carboxylic acids is 1. The topological polar surface area (TPSA) is 69.6 Å². The minimum absolute atomic E-state index is 0.0765. The van der Waals surface area contributed by atoms with Crippen LogP contribution in [0.3, 0.4) is 0 Å². The maximum atomic E-state index is 12.6. The fraction of sp³-hybridized carbons (Fsp3) is 0.800. The third-order valence-electron chi connectivity index (χ3n) is 2.91. The van der Waals surface area contributed by atoms with Crippen molar-refractivity contribution in [3.63, 3.8) is 0 Å². The van der Waals surface area contributed by atoms with Crippen molar-refractivity contribution in [2.75, 3.05) is 13.1 Å². The zero-order valence-electron chi connectivity index (χ0n) is 9.44. The summed E-state index contributed by atoms with van der Waals surface area (Å²) in [6.45, 7) is 3.83. The van der Waals surface area contributed by atoms with E-state index in [4.69, 9.17) is 5.11 Å². The molecule has 1 saturated heterocycles. The van der Waals surface area contributed by atoms with Gasteiger partial charge >= 0.3 is 6.09 Å². The third kappa shape index (κ3) is 2.84. The number of hydrogen-bond donors (Lipinski definition) is 2. The molecule has 2 N–H and O–H groups in total. The van der Waals surface area contributed by atoms with Crippen LogP contribution in [0.25, 0.3) is 0 Å². The average molecular weight is 232 g/mol. The maximum Gasteiger partial charge on any atom is 0.405 e. The Bertz CT molecular complexity index is 279. The fourth-order valence-corrected chi connectivity index (χ4v) is 1.62. The Kier molecular flexibility index (Phi) is 4.09. The van der Waals surface area contributed by atoms with Gasteiger partial charge in [-0.2, -0.15) is 0 Å². The molecule has 0 spiro atoms. The molecule has 0 aromatic heterocycles. The Morgan fingerprint density at radius 1 is 1.56 bits per heavy atom. The molecule has 2 amide bonds. The van der Waals surface area contributed by atoms with Crippen LogP contribution in [0.5, 0.6) is 0 Å². The van der Waals surface area contributed by atoms with Gasteiger partial charge in [0.05, 0.1) is 13.1 Å². The van der Waals surface area contributed by atoms with E-state index in [1.54, 1.807) is 6.92 Å². The Labute approximate surface area is 93.6 Å². The molecule has 2 atom stereocenters. The summed E-state index contributed by atoms with van der Waals surface area (Å²) in [6.07, 6.45) is -1.51. The van der Waals surface area contributed by atoms with Gasteiger partial charge in [0.1, 0.15) is 12.2 Å². The minimum atomic E-state index is -1.23. The molecule has 1 aliphatic rings. The van der Waals surface area contributed by atoms with Gasteiger partial charge in [0.25, 0.3) is 0 Å². The third-order valence-corrected chi connectivity index (χ3v) is 2.91. The SMILES string of the molecule is CC[C@H](C)[C@H](NC(=O)O)C(=O)N1CC(F)C1. The Hall–Kier alpha value is -1.33. The monoisotopic (exact) mass is 232 g/mol. The van der Waals surface area contributed by atoms with E-state index in [1.807, 2.05) is 6.92 Å². The first-order valence-electron chi connectivity index (χ1n) is 5.38. The van der Waals surface area contributed by atoms with Gasteiger partial charge in [-0.3, -0.25) is 4.79 Å². The number of nitrogens with one attached hydrogen (secondary N) is 1. The van der Waals surface area contributed by atoms with Crippen LogP contribution in [-0.2, 0) is 4.79 Å². The number of halogens is 1. The summed E-state index contributed by atoms with van der Waals surface area (Å²) >= 11 is 0. The highest BCUT2D eigenvalue weighted by atomic mass is 19.1. The second-order valence-corrected chi connectivity index (χ2v) is 4.15. The molecule has 92 valence electrons. The van der Waals surface area contributed by atoms with Gasteiger partial charge in [-0.05, 0) is 5.92 Å². The molecule has 1 heterocycles. The summed E-state index contributed by atoms with van der Waals surface area (Å²) in [7, 11) is 0. The van der Waals surface area contributed by atoms with Crippen molar-refractivity contribution in [3.8, 4) is 0 Å². The molecular weight excluding hydrogens is 215 g/mol. The van der Waals surface area contributed by atoms with E-state index in [-0.39, 0.29) is 24.9 Å². The first kappa shape index (κ1) is 12.7. The lowest BCUT2D eigenvalue weighted by Crippen LogP contribution is -2.59. The lowest BCUT2D eigenvalue weighted by atomic mass is 9.96. The second-order valence-electron chi connectivity index (χ2n) is 4.15. The molecule has 0 radical (unpaired) electrons. The zero-order chi connectivity index (χ0) is 12.3. The number of nitrogens with zero attached hydrogens (tertiary/aromatic N) is 1. The molecule has 5 nitrogen and oxygen atoms in total. The van der Waals surface area contributed by atoms with E-state index in [1.165, 1.54) is 4.90 Å². The van der Waals surface area contributed by atoms with Crippen LogP contribution in [-0.4, -0.2) is 47.3 Å². The molecule has 16 heavy (non-hydrogen) atoms. The molecule has 1 aliphatic heterocycles. The molecule has 0 unspecified atom stereocenters. The maximum absolute atomic E-state index is 12.6. The van der Waals surface area contributed by atoms with Crippen molar-refractivity contribution in [1.82, 2.24) is 10.2 Å². The van der Waals surface area contributed by atoms with Gasteiger partial charge in [0.2, 0.25) is 5.91 Å². The number of hydrogen-bond acceptors (Lipinski definition) is 2. The Morgan fingerprint density at radius 3 is 2.50 bits per heavy atom. The van der Waals surface area contributed by atoms with Crippen LogP contribution in [0.1, 0.15) is 20.3 Å². The normalized spacial score (nSPS) is 19.8. The lowest BCUT2D eigenvalue weighted by molar-refractivity contribution is -0.141. The summed E-state index contributed by atoms with van der Waals surface area (Å²) in [5.74, 6) is -0.423. The highest BCUT2D eigenvalue weighted by Crippen LogP contribution is 2.17.